The zero-order valence-corrected chi connectivity index (χ0v) is 8.85. The highest BCUT2D eigenvalue weighted by Gasteiger charge is 2.29. The molecular formula is C11H11F4NO. The van der Waals surface area contributed by atoms with Gasteiger partial charge in [0.05, 0.1) is 6.04 Å². The predicted molar refractivity (Wildman–Crippen MR) is 52.6 cm³/mol. The number of fused-ring (bicyclic) bond motifs is 1. The number of nitrogens with one attached hydrogen (secondary N) is 1. The van der Waals surface area contributed by atoms with Gasteiger partial charge in [-0.05, 0) is 36.1 Å². The highest BCUT2D eigenvalue weighted by atomic mass is 19.4. The van der Waals surface area contributed by atoms with Crippen LogP contribution in [0.5, 0.6) is 0 Å². The van der Waals surface area contributed by atoms with E-state index in [0.717, 1.165) is 11.1 Å². The minimum Gasteiger partial charge on any atom is -0.292 e. The van der Waals surface area contributed by atoms with Crippen LogP contribution in [-0.4, -0.2) is 12.8 Å². The lowest BCUT2D eigenvalue weighted by Crippen LogP contribution is -2.27. The molecule has 2 nitrogen and oxygen atoms in total. The van der Waals surface area contributed by atoms with E-state index in [1.165, 1.54) is 12.1 Å². The average molecular weight is 249 g/mol. The van der Waals surface area contributed by atoms with Crippen molar-refractivity contribution in [2.45, 2.75) is 25.1 Å². The van der Waals surface area contributed by atoms with E-state index in [1.54, 1.807) is 6.07 Å². The molecule has 0 fully saturated rings. The number of hydroxylamine groups is 1. The molecule has 0 saturated carbocycles. The highest BCUT2D eigenvalue weighted by Crippen LogP contribution is 2.31. The first-order chi connectivity index (χ1) is 7.96. The first-order valence-corrected chi connectivity index (χ1v) is 5.18. The van der Waals surface area contributed by atoms with Crippen molar-refractivity contribution in [3.05, 3.63) is 35.1 Å². The third-order valence-electron chi connectivity index (χ3n) is 2.64. The summed E-state index contributed by atoms with van der Waals surface area (Å²) in [4.78, 5) is 4.40. The minimum absolute atomic E-state index is 0.298. The van der Waals surface area contributed by atoms with E-state index in [0.29, 0.717) is 12.8 Å². The number of aryl methyl sites for hydroxylation is 1. The summed E-state index contributed by atoms with van der Waals surface area (Å²) in [6, 6.07) is 3.98. The van der Waals surface area contributed by atoms with E-state index in [4.69, 9.17) is 0 Å². The Kier molecular flexibility index (Phi) is 3.35. The Hall–Kier alpha value is -1.14. The summed E-state index contributed by atoms with van der Waals surface area (Å²) in [6.07, 6.45) is -3.10. The topological polar surface area (TPSA) is 21.3 Å². The van der Waals surface area contributed by atoms with Crippen LogP contribution in [0.25, 0.3) is 0 Å². The lowest BCUT2D eigenvalue weighted by molar-refractivity contribution is -0.193. The standard InChI is InChI=1S/C11H11F4NO/c12-8-2-3-9-7(5-8)1-4-10(9)16-17-6-11(13,14)15/h2-3,5,10,16H,1,4,6H2. The van der Waals surface area contributed by atoms with Crippen LogP contribution in [0.1, 0.15) is 23.6 Å². The molecule has 1 aromatic carbocycles. The van der Waals surface area contributed by atoms with E-state index in [-0.39, 0.29) is 11.9 Å². The molecule has 1 aromatic rings. The minimum atomic E-state index is -4.35. The third kappa shape index (κ3) is 3.17. The molecule has 1 aliphatic rings. The molecule has 0 amide bonds. The van der Waals surface area contributed by atoms with Gasteiger partial charge in [-0.2, -0.15) is 18.7 Å². The monoisotopic (exact) mass is 249 g/mol. The van der Waals surface area contributed by atoms with E-state index >= 15 is 0 Å². The molecule has 0 aromatic heterocycles. The normalized spacial score (nSPS) is 19.4. The van der Waals surface area contributed by atoms with Crippen LogP contribution >= 0.6 is 0 Å². The summed E-state index contributed by atoms with van der Waals surface area (Å²) < 4.78 is 48.5. The van der Waals surface area contributed by atoms with Crippen molar-refractivity contribution in [2.24, 2.45) is 0 Å². The lowest BCUT2D eigenvalue weighted by Gasteiger charge is -2.14. The molecule has 1 atom stereocenters. The zero-order chi connectivity index (χ0) is 12.5. The molecule has 6 heteroatoms. The molecule has 17 heavy (non-hydrogen) atoms. The molecule has 1 aliphatic carbocycles. The van der Waals surface area contributed by atoms with Gasteiger partial charge in [0.2, 0.25) is 0 Å². The maximum atomic E-state index is 12.9. The molecule has 0 bridgehead atoms. The van der Waals surface area contributed by atoms with Crippen molar-refractivity contribution in [1.82, 2.24) is 5.48 Å². The van der Waals surface area contributed by atoms with Crippen LogP contribution in [0.3, 0.4) is 0 Å². The number of benzene rings is 1. The Balaban J connectivity index is 1.94. The maximum absolute atomic E-state index is 12.9. The molecular weight excluding hydrogens is 238 g/mol. The van der Waals surface area contributed by atoms with Gasteiger partial charge in [0.1, 0.15) is 5.82 Å². The Morgan fingerprint density at radius 1 is 1.35 bits per heavy atom. The van der Waals surface area contributed by atoms with Crippen LogP contribution in [0, 0.1) is 5.82 Å². The van der Waals surface area contributed by atoms with Gasteiger partial charge in [-0.1, -0.05) is 6.07 Å². The Morgan fingerprint density at radius 2 is 2.12 bits per heavy atom. The Bertz CT molecular complexity index is 405. The molecule has 0 aliphatic heterocycles. The van der Waals surface area contributed by atoms with Crippen molar-refractivity contribution >= 4 is 0 Å². The van der Waals surface area contributed by atoms with E-state index in [2.05, 4.69) is 10.3 Å². The highest BCUT2D eigenvalue weighted by molar-refractivity contribution is 5.34. The summed E-state index contributed by atoms with van der Waals surface area (Å²) in [5.74, 6) is -0.333. The van der Waals surface area contributed by atoms with Crippen molar-refractivity contribution in [3.63, 3.8) is 0 Å². The van der Waals surface area contributed by atoms with Gasteiger partial charge >= 0.3 is 6.18 Å². The fourth-order valence-corrected chi connectivity index (χ4v) is 1.93. The van der Waals surface area contributed by atoms with Crippen LogP contribution < -0.4 is 5.48 Å². The van der Waals surface area contributed by atoms with Crippen LogP contribution in [0.4, 0.5) is 17.6 Å². The zero-order valence-electron chi connectivity index (χ0n) is 8.85. The van der Waals surface area contributed by atoms with Crippen molar-refractivity contribution in [1.29, 1.82) is 0 Å². The Morgan fingerprint density at radius 3 is 2.82 bits per heavy atom. The van der Waals surface area contributed by atoms with Crippen molar-refractivity contribution < 1.29 is 22.4 Å². The fourth-order valence-electron chi connectivity index (χ4n) is 1.93. The van der Waals surface area contributed by atoms with E-state index in [9.17, 15) is 17.6 Å². The van der Waals surface area contributed by atoms with E-state index in [1.807, 2.05) is 0 Å². The summed E-state index contributed by atoms with van der Waals surface area (Å²) in [6.45, 7) is -1.33. The summed E-state index contributed by atoms with van der Waals surface area (Å²) in [5.41, 5.74) is 3.99. The molecule has 0 spiro atoms. The van der Waals surface area contributed by atoms with Gasteiger partial charge < -0.3 is 0 Å². The first-order valence-electron chi connectivity index (χ1n) is 5.18. The first kappa shape index (κ1) is 12.3. The molecule has 1 unspecified atom stereocenters. The van der Waals surface area contributed by atoms with Gasteiger partial charge in [0, 0.05) is 0 Å². The molecule has 0 saturated heterocycles. The number of alkyl halides is 3. The second-order valence-corrected chi connectivity index (χ2v) is 3.96. The number of halogens is 4. The molecule has 0 radical (unpaired) electrons. The fraction of sp³-hybridized carbons (Fsp3) is 0.455. The quantitative estimate of drug-likeness (QED) is 0.657. The van der Waals surface area contributed by atoms with Gasteiger partial charge in [0.25, 0.3) is 0 Å². The average Bonchev–Trinajstić information content (AvgIpc) is 2.59. The SMILES string of the molecule is Fc1ccc2c(c1)CCC2NOCC(F)(F)F. The number of hydrogen-bond donors (Lipinski definition) is 1. The largest absolute Gasteiger partial charge is 0.413 e. The maximum Gasteiger partial charge on any atom is 0.413 e. The summed E-state index contributed by atoms with van der Waals surface area (Å²) in [5, 5.41) is 0. The van der Waals surface area contributed by atoms with Gasteiger partial charge in [-0.25, -0.2) is 4.39 Å². The number of hydrogen-bond acceptors (Lipinski definition) is 2. The molecule has 94 valence electrons. The molecule has 0 heterocycles. The summed E-state index contributed by atoms with van der Waals surface area (Å²) in [7, 11) is 0. The van der Waals surface area contributed by atoms with Crippen molar-refractivity contribution in [2.75, 3.05) is 6.61 Å². The predicted octanol–water partition coefficient (Wildman–Crippen LogP) is 2.90. The second-order valence-electron chi connectivity index (χ2n) is 3.96. The Labute approximate surface area is 95.5 Å². The van der Waals surface area contributed by atoms with Crippen molar-refractivity contribution in [3.8, 4) is 0 Å². The molecule has 1 N–H and O–H groups in total. The van der Waals surface area contributed by atoms with Crippen LogP contribution in [0.2, 0.25) is 0 Å². The van der Waals surface area contributed by atoms with Gasteiger partial charge in [-0.3, -0.25) is 4.84 Å². The lowest BCUT2D eigenvalue weighted by atomic mass is 10.1. The second kappa shape index (κ2) is 4.62. The van der Waals surface area contributed by atoms with Crippen LogP contribution in [-0.2, 0) is 11.3 Å². The van der Waals surface area contributed by atoms with Crippen LogP contribution in [0.15, 0.2) is 18.2 Å². The van der Waals surface area contributed by atoms with E-state index < -0.39 is 12.8 Å². The molecule has 2 rings (SSSR count). The number of rotatable bonds is 3. The van der Waals surface area contributed by atoms with Gasteiger partial charge in [-0.15, -0.1) is 0 Å². The third-order valence-corrected chi connectivity index (χ3v) is 2.64. The smallest absolute Gasteiger partial charge is 0.292 e. The van der Waals surface area contributed by atoms with Gasteiger partial charge in [0.15, 0.2) is 6.61 Å². The summed E-state index contributed by atoms with van der Waals surface area (Å²) >= 11 is 0.